The van der Waals surface area contributed by atoms with Crippen LogP contribution in [0.15, 0.2) is 66.7 Å². The molecule has 1 aliphatic heterocycles. The van der Waals surface area contributed by atoms with Crippen LogP contribution in [0.25, 0.3) is 0 Å². The lowest BCUT2D eigenvalue weighted by Gasteiger charge is -2.14. The number of fused-ring (bicyclic) bond motifs is 1. The molecule has 0 radical (unpaired) electrons. The number of hydrogen-bond acceptors (Lipinski definition) is 7. The molecule has 0 spiro atoms. The van der Waals surface area contributed by atoms with Crippen molar-refractivity contribution in [2.75, 3.05) is 23.9 Å². The van der Waals surface area contributed by atoms with Gasteiger partial charge in [0.05, 0.1) is 36.1 Å². The predicted molar refractivity (Wildman–Crippen MR) is 132 cm³/mol. The van der Waals surface area contributed by atoms with Crippen LogP contribution in [0.4, 0.5) is 11.4 Å². The standard InChI is InChI=1S/C27H24N2O7/c1-4-35-20-11-9-19(10-12-20)29-25(31)22-13-8-17(14-23(22)26(29)32)27(33)36-16(2)24(30)28-18-6-5-7-21(15-18)34-3/h5-16H,4H2,1-3H3,(H,28,30). The summed E-state index contributed by atoms with van der Waals surface area (Å²) in [7, 11) is 1.51. The van der Waals surface area contributed by atoms with Crippen molar-refractivity contribution in [3.8, 4) is 11.5 Å². The number of nitrogens with one attached hydrogen (secondary N) is 1. The van der Waals surface area contributed by atoms with Crippen LogP contribution in [-0.2, 0) is 9.53 Å². The van der Waals surface area contributed by atoms with Gasteiger partial charge in [-0.15, -0.1) is 0 Å². The van der Waals surface area contributed by atoms with E-state index in [1.165, 1.54) is 32.2 Å². The Bertz CT molecular complexity index is 1330. The minimum Gasteiger partial charge on any atom is -0.497 e. The number of rotatable bonds is 8. The highest BCUT2D eigenvalue weighted by Gasteiger charge is 2.37. The molecule has 1 aliphatic rings. The van der Waals surface area contributed by atoms with Crippen LogP contribution in [0, 0.1) is 0 Å². The summed E-state index contributed by atoms with van der Waals surface area (Å²) in [4.78, 5) is 52.1. The van der Waals surface area contributed by atoms with E-state index in [0.29, 0.717) is 29.5 Å². The molecule has 9 heteroatoms. The maximum absolute atomic E-state index is 13.0. The zero-order chi connectivity index (χ0) is 25.8. The van der Waals surface area contributed by atoms with E-state index in [-0.39, 0.29) is 16.7 Å². The molecule has 3 amide bonds. The van der Waals surface area contributed by atoms with E-state index in [2.05, 4.69) is 5.32 Å². The van der Waals surface area contributed by atoms with Crippen molar-refractivity contribution in [1.29, 1.82) is 0 Å². The summed E-state index contributed by atoms with van der Waals surface area (Å²) >= 11 is 0. The van der Waals surface area contributed by atoms with E-state index >= 15 is 0 Å². The Kier molecular flexibility index (Phi) is 7.00. The highest BCUT2D eigenvalue weighted by Crippen LogP contribution is 2.30. The number of methoxy groups -OCH3 is 1. The molecule has 0 saturated carbocycles. The second-order valence-corrected chi connectivity index (χ2v) is 7.90. The van der Waals surface area contributed by atoms with Gasteiger partial charge in [0.1, 0.15) is 11.5 Å². The second-order valence-electron chi connectivity index (χ2n) is 7.90. The van der Waals surface area contributed by atoms with Crippen molar-refractivity contribution in [3.05, 3.63) is 83.4 Å². The summed E-state index contributed by atoms with van der Waals surface area (Å²) in [6.07, 6.45) is -1.12. The number of carbonyl (C=O) groups is 4. The van der Waals surface area contributed by atoms with Gasteiger partial charge in [-0.05, 0) is 68.4 Å². The Morgan fingerprint density at radius 1 is 0.917 bits per heavy atom. The normalized spacial score (nSPS) is 13.1. The van der Waals surface area contributed by atoms with Crippen LogP contribution in [0.5, 0.6) is 11.5 Å². The zero-order valence-electron chi connectivity index (χ0n) is 19.9. The van der Waals surface area contributed by atoms with E-state index < -0.39 is 29.8 Å². The van der Waals surface area contributed by atoms with E-state index in [9.17, 15) is 19.2 Å². The smallest absolute Gasteiger partial charge is 0.338 e. The molecule has 1 atom stereocenters. The second kappa shape index (κ2) is 10.3. The lowest BCUT2D eigenvalue weighted by atomic mass is 10.1. The molecular formula is C27H24N2O7. The van der Waals surface area contributed by atoms with Gasteiger partial charge in [0, 0.05) is 11.8 Å². The van der Waals surface area contributed by atoms with Gasteiger partial charge < -0.3 is 19.5 Å². The minimum atomic E-state index is -1.12. The van der Waals surface area contributed by atoms with Crippen molar-refractivity contribution in [3.63, 3.8) is 0 Å². The van der Waals surface area contributed by atoms with Crippen LogP contribution in [-0.4, -0.2) is 43.5 Å². The molecule has 184 valence electrons. The van der Waals surface area contributed by atoms with Gasteiger partial charge in [-0.3, -0.25) is 14.4 Å². The summed E-state index contributed by atoms with van der Waals surface area (Å²) in [6, 6.07) is 17.4. The van der Waals surface area contributed by atoms with Gasteiger partial charge in [-0.2, -0.15) is 0 Å². The SMILES string of the molecule is CCOc1ccc(N2C(=O)c3ccc(C(=O)OC(C)C(=O)Nc4cccc(OC)c4)cc3C2=O)cc1. The van der Waals surface area contributed by atoms with Gasteiger partial charge in [-0.1, -0.05) is 6.07 Å². The van der Waals surface area contributed by atoms with Gasteiger partial charge in [-0.25, -0.2) is 9.69 Å². The molecule has 1 unspecified atom stereocenters. The maximum Gasteiger partial charge on any atom is 0.338 e. The van der Waals surface area contributed by atoms with Gasteiger partial charge in [0.15, 0.2) is 6.10 Å². The molecule has 4 rings (SSSR count). The molecule has 0 bridgehead atoms. The minimum absolute atomic E-state index is 0.0458. The third kappa shape index (κ3) is 4.90. The van der Waals surface area contributed by atoms with Gasteiger partial charge in [0.2, 0.25) is 0 Å². The number of ether oxygens (including phenoxy) is 3. The zero-order valence-corrected chi connectivity index (χ0v) is 19.9. The Hall–Kier alpha value is -4.66. The summed E-state index contributed by atoms with van der Waals surface area (Å²) in [5.41, 5.74) is 1.17. The van der Waals surface area contributed by atoms with Gasteiger partial charge >= 0.3 is 5.97 Å². The lowest BCUT2D eigenvalue weighted by Crippen LogP contribution is -2.30. The fourth-order valence-corrected chi connectivity index (χ4v) is 3.69. The molecule has 0 aromatic heterocycles. The van der Waals surface area contributed by atoms with E-state index in [0.717, 1.165) is 4.90 Å². The third-order valence-electron chi connectivity index (χ3n) is 5.52. The largest absolute Gasteiger partial charge is 0.497 e. The van der Waals surface area contributed by atoms with Crippen molar-refractivity contribution >= 4 is 35.1 Å². The average molecular weight is 488 g/mol. The van der Waals surface area contributed by atoms with Crippen LogP contribution in [0.3, 0.4) is 0 Å². The number of benzene rings is 3. The maximum atomic E-state index is 13.0. The first-order valence-electron chi connectivity index (χ1n) is 11.2. The molecule has 0 aliphatic carbocycles. The van der Waals surface area contributed by atoms with Crippen LogP contribution >= 0.6 is 0 Å². The number of nitrogens with zero attached hydrogens (tertiary/aromatic N) is 1. The first-order chi connectivity index (χ1) is 17.3. The number of hydrogen-bond donors (Lipinski definition) is 1. The number of carbonyl (C=O) groups excluding carboxylic acids is 4. The Labute approximate surface area is 207 Å². The average Bonchev–Trinajstić information content (AvgIpc) is 3.14. The molecular weight excluding hydrogens is 464 g/mol. The summed E-state index contributed by atoms with van der Waals surface area (Å²) in [5.74, 6) is -1.21. The summed E-state index contributed by atoms with van der Waals surface area (Å²) in [6.45, 7) is 3.78. The Morgan fingerprint density at radius 2 is 1.64 bits per heavy atom. The molecule has 3 aromatic carbocycles. The van der Waals surface area contributed by atoms with Crippen LogP contribution in [0.1, 0.15) is 44.9 Å². The quantitative estimate of drug-likeness (QED) is 0.376. The predicted octanol–water partition coefficient (Wildman–Crippen LogP) is 4.08. The van der Waals surface area contributed by atoms with Crippen molar-refractivity contribution in [2.45, 2.75) is 20.0 Å². The number of anilines is 2. The van der Waals surface area contributed by atoms with E-state index in [4.69, 9.17) is 14.2 Å². The van der Waals surface area contributed by atoms with Crippen molar-refractivity contribution < 1.29 is 33.4 Å². The Balaban J connectivity index is 1.46. The summed E-state index contributed by atoms with van der Waals surface area (Å²) in [5, 5.41) is 2.65. The van der Waals surface area contributed by atoms with E-state index in [1.54, 1.807) is 48.5 Å². The first kappa shape index (κ1) is 24.5. The van der Waals surface area contributed by atoms with Crippen LogP contribution in [0.2, 0.25) is 0 Å². The van der Waals surface area contributed by atoms with Crippen molar-refractivity contribution in [2.24, 2.45) is 0 Å². The number of imide groups is 1. The lowest BCUT2D eigenvalue weighted by molar-refractivity contribution is -0.123. The first-order valence-corrected chi connectivity index (χ1v) is 11.2. The molecule has 3 aromatic rings. The molecule has 0 fully saturated rings. The Morgan fingerprint density at radius 3 is 2.33 bits per heavy atom. The highest BCUT2D eigenvalue weighted by molar-refractivity contribution is 6.34. The monoisotopic (exact) mass is 488 g/mol. The third-order valence-corrected chi connectivity index (χ3v) is 5.52. The molecule has 1 heterocycles. The summed E-state index contributed by atoms with van der Waals surface area (Å²) < 4.78 is 15.8. The fourth-order valence-electron chi connectivity index (χ4n) is 3.69. The molecule has 0 saturated heterocycles. The fraction of sp³-hybridized carbons (Fsp3) is 0.185. The van der Waals surface area contributed by atoms with E-state index in [1.807, 2.05) is 6.92 Å². The van der Waals surface area contributed by atoms with Gasteiger partial charge in [0.25, 0.3) is 17.7 Å². The van der Waals surface area contributed by atoms with Crippen molar-refractivity contribution in [1.82, 2.24) is 0 Å². The number of esters is 1. The number of amides is 3. The topological polar surface area (TPSA) is 111 Å². The molecule has 1 N–H and O–H groups in total. The van der Waals surface area contributed by atoms with Crippen LogP contribution < -0.4 is 19.7 Å². The molecule has 9 nitrogen and oxygen atoms in total. The molecule has 36 heavy (non-hydrogen) atoms. The highest BCUT2D eigenvalue weighted by atomic mass is 16.5.